The van der Waals surface area contributed by atoms with Crippen LogP contribution in [-0.4, -0.2) is 45.1 Å². The van der Waals surface area contributed by atoms with E-state index in [1.807, 2.05) is 0 Å². The Morgan fingerprint density at radius 3 is 2.45 bits per heavy atom. The second-order valence-corrected chi connectivity index (χ2v) is 13.1. The molecule has 1 aromatic carbocycles. The zero-order chi connectivity index (χ0) is 21.9. The molecular weight excluding hydrogens is 408 g/mol. The lowest BCUT2D eigenvalue weighted by Crippen LogP contribution is -2.60. The lowest BCUT2D eigenvalue weighted by atomic mass is 9.42. The van der Waals surface area contributed by atoms with Crippen molar-refractivity contribution in [2.24, 2.45) is 23.2 Å². The third kappa shape index (κ3) is 4.06. The summed E-state index contributed by atoms with van der Waals surface area (Å²) >= 11 is 0. The van der Waals surface area contributed by atoms with Crippen molar-refractivity contribution in [3.8, 4) is 0 Å². The number of aryl methyl sites for hydroxylation is 1. The lowest BCUT2D eigenvalue weighted by molar-refractivity contribution is -0.162. The lowest BCUT2D eigenvalue weighted by Gasteiger charge is -2.62. The fourth-order valence-electron chi connectivity index (χ4n) is 7.78. The Kier molecular flexibility index (Phi) is 5.25. The molecular formula is C25H36N2O3S. The number of benzene rings is 1. The molecule has 4 bridgehead atoms. The first-order valence-electron chi connectivity index (χ1n) is 12.0. The van der Waals surface area contributed by atoms with Crippen LogP contribution in [0.1, 0.15) is 62.5 Å². The summed E-state index contributed by atoms with van der Waals surface area (Å²) in [7, 11) is -3.19. The van der Waals surface area contributed by atoms with Crippen molar-refractivity contribution in [1.29, 1.82) is 0 Å². The molecule has 1 N–H and O–H groups in total. The molecule has 6 rings (SSSR count). The first-order chi connectivity index (χ1) is 14.7. The van der Waals surface area contributed by atoms with Crippen LogP contribution in [0.15, 0.2) is 24.3 Å². The highest BCUT2D eigenvalue weighted by Gasteiger charge is 2.61. The highest BCUT2D eigenvalue weighted by molar-refractivity contribution is 7.88. The first kappa shape index (κ1) is 21.4. The Balaban J connectivity index is 1.37. The number of carbonyl (C=O) groups excluding carboxylic acids is 1. The summed E-state index contributed by atoms with van der Waals surface area (Å²) in [4.78, 5) is 16.1. The van der Waals surface area contributed by atoms with E-state index in [2.05, 4.69) is 40.8 Å². The molecule has 1 heterocycles. The zero-order valence-corrected chi connectivity index (χ0v) is 19.7. The van der Waals surface area contributed by atoms with Gasteiger partial charge in [0.1, 0.15) is 0 Å². The molecule has 5 nitrogen and oxygen atoms in total. The largest absolute Gasteiger partial charge is 0.342 e. The first-order valence-corrected chi connectivity index (χ1v) is 13.9. The minimum Gasteiger partial charge on any atom is -0.342 e. The molecule has 0 spiro atoms. The van der Waals surface area contributed by atoms with Crippen LogP contribution in [0.5, 0.6) is 0 Å². The summed E-state index contributed by atoms with van der Waals surface area (Å²) in [5, 5.41) is 0. The Morgan fingerprint density at radius 2 is 1.81 bits per heavy atom. The van der Waals surface area contributed by atoms with Gasteiger partial charge in [-0.3, -0.25) is 4.79 Å². The average Bonchev–Trinajstić information content (AvgIpc) is 2.71. The van der Waals surface area contributed by atoms with Crippen molar-refractivity contribution in [2.45, 2.75) is 63.7 Å². The molecule has 5 fully saturated rings. The van der Waals surface area contributed by atoms with Gasteiger partial charge < -0.3 is 4.90 Å². The summed E-state index contributed by atoms with van der Waals surface area (Å²) in [6, 6.07) is 9.09. The zero-order valence-electron chi connectivity index (χ0n) is 18.9. The van der Waals surface area contributed by atoms with E-state index < -0.39 is 10.0 Å². The highest BCUT2D eigenvalue weighted by atomic mass is 32.2. The molecule has 4 saturated carbocycles. The molecule has 3 atom stereocenters. The van der Waals surface area contributed by atoms with Crippen LogP contribution in [0.4, 0.5) is 0 Å². The van der Waals surface area contributed by atoms with Crippen molar-refractivity contribution in [3.05, 3.63) is 35.4 Å². The van der Waals surface area contributed by atoms with Gasteiger partial charge in [0.2, 0.25) is 15.9 Å². The molecule has 1 amide bonds. The van der Waals surface area contributed by atoms with Crippen LogP contribution in [0.2, 0.25) is 0 Å². The van der Waals surface area contributed by atoms with Gasteiger partial charge in [0, 0.05) is 19.6 Å². The van der Waals surface area contributed by atoms with E-state index in [9.17, 15) is 13.2 Å². The number of carbonyl (C=O) groups is 1. The number of likely N-dealkylation sites (tertiary alicyclic amines) is 1. The van der Waals surface area contributed by atoms with Crippen molar-refractivity contribution in [3.63, 3.8) is 0 Å². The van der Waals surface area contributed by atoms with E-state index >= 15 is 0 Å². The standard InChI is InChI=1S/C25H36N2O3S/c1-18-5-7-22(8-6-18)24-11-20-10-21(12-24)14-25(13-20,17-24)23(28)27-9-3-4-19(16-27)15-26-31(2,29)30/h5-8,19-21,26H,3-4,9-17H2,1-2H3. The number of hydrogen-bond acceptors (Lipinski definition) is 3. The molecule has 1 saturated heterocycles. The summed E-state index contributed by atoms with van der Waals surface area (Å²) in [5.41, 5.74) is 2.70. The predicted octanol–water partition coefficient (Wildman–Crippen LogP) is 3.62. The Labute approximate surface area is 187 Å². The normalized spacial score (nSPS) is 37.2. The maximum atomic E-state index is 14.0. The van der Waals surface area contributed by atoms with Crippen LogP contribution in [0, 0.1) is 30.1 Å². The molecule has 170 valence electrons. The third-order valence-corrected chi connectivity index (χ3v) is 9.31. The fourth-order valence-corrected chi connectivity index (χ4v) is 8.32. The summed E-state index contributed by atoms with van der Waals surface area (Å²) in [5.74, 6) is 1.91. The SMILES string of the molecule is Cc1ccc(C23CC4CC(CC(C(=O)N5CCCC(CNS(C)(=O)=O)C5)(C4)C2)C3)cc1. The molecule has 31 heavy (non-hydrogen) atoms. The maximum Gasteiger partial charge on any atom is 0.228 e. The highest BCUT2D eigenvalue weighted by Crippen LogP contribution is 2.66. The molecule has 4 aliphatic carbocycles. The summed E-state index contributed by atoms with van der Waals surface area (Å²) in [6.45, 7) is 4.09. The van der Waals surface area contributed by atoms with Crippen LogP contribution < -0.4 is 4.72 Å². The monoisotopic (exact) mass is 444 g/mol. The van der Waals surface area contributed by atoms with Gasteiger partial charge in [-0.1, -0.05) is 29.8 Å². The molecule has 1 aromatic rings. The van der Waals surface area contributed by atoms with Gasteiger partial charge >= 0.3 is 0 Å². The van der Waals surface area contributed by atoms with Crippen LogP contribution >= 0.6 is 0 Å². The van der Waals surface area contributed by atoms with Gasteiger partial charge in [-0.25, -0.2) is 13.1 Å². The van der Waals surface area contributed by atoms with Gasteiger partial charge in [0.05, 0.1) is 11.7 Å². The van der Waals surface area contributed by atoms with Crippen molar-refractivity contribution >= 4 is 15.9 Å². The van der Waals surface area contributed by atoms with Gasteiger partial charge in [-0.2, -0.15) is 0 Å². The van der Waals surface area contributed by atoms with E-state index in [1.165, 1.54) is 36.6 Å². The minimum atomic E-state index is -3.19. The maximum absolute atomic E-state index is 14.0. The number of amides is 1. The second-order valence-electron chi connectivity index (χ2n) is 11.3. The quantitative estimate of drug-likeness (QED) is 0.754. The van der Waals surface area contributed by atoms with Crippen molar-refractivity contribution in [2.75, 3.05) is 25.9 Å². The van der Waals surface area contributed by atoms with E-state index in [4.69, 9.17) is 0 Å². The smallest absolute Gasteiger partial charge is 0.228 e. The molecule has 0 aromatic heterocycles. The van der Waals surface area contributed by atoms with Crippen LogP contribution in [-0.2, 0) is 20.2 Å². The molecule has 6 heteroatoms. The third-order valence-electron chi connectivity index (χ3n) is 8.62. The molecule has 5 aliphatic rings. The topological polar surface area (TPSA) is 66.5 Å². The number of piperidine rings is 1. The van der Waals surface area contributed by atoms with Gasteiger partial charge in [0.25, 0.3) is 0 Å². The van der Waals surface area contributed by atoms with E-state index in [1.54, 1.807) is 0 Å². The van der Waals surface area contributed by atoms with E-state index in [0.717, 1.165) is 38.6 Å². The molecule has 1 aliphatic heterocycles. The average molecular weight is 445 g/mol. The number of rotatable bonds is 5. The fraction of sp³-hybridized carbons (Fsp3) is 0.720. The summed E-state index contributed by atoms with van der Waals surface area (Å²) < 4.78 is 25.7. The van der Waals surface area contributed by atoms with Gasteiger partial charge in [-0.05, 0) is 87.0 Å². The van der Waals surface area contributed by atoms with Crippen molar-refractivity contribution < 1.29 is 13.2 Å². The van der Waals surface area contributed by atoms with Gasteiger partial charge in [-0.15, -0.1) is 0 Å². The van der Waals surface area contributed by atoms with E-state index in [-0.39, 0.29) is 16.7 Å². The Hall–Kier alpha value is -1.40. The number of nitrogens with zero attached hydrogens (tertiary/aromatic N) is 1. The number of nitrogens with one attached hydrogen (secondary N) is 1. The number of sulfonamides is 1. The van der Waals surface area contributed by atoms with E-state index in [0.29, 0.717) is 30.8 Å². The Morgan fingerprint density at radius 1 is 1.13 bits per heavy atom. The Bertz CT molecular complexity index is 941. The second kappa shape index (κ2) is 7.58. The molecule has 3 unspecified atom stereocenters. The van der Waals surface area contributed by atoms with Crippen molar-refractivity contribution in [1.82, 2.24) is 9.62 Å². The molecule has 0 radical (unpaired) electrons. The summed E-state index contributed by atoms with van der Waals surface area (Å²) in [6.07, 6.45) is 10.0. The van der Waals surface area contributed by atoms with Gasteiger partial charge in [0.15, 0.2) is 0 Å². The van der Waals surface area contributed by atoms with Crippen LogP contribution in [0.25, 0.3) is 0 Å². The number of hydrogen-bond donors (Lipinski definition) is 1. The predicted molar refractivity (Wildman–Crippen MR) is 122 cm³/mol. The van der Waals surface area contributed by atoms with Crippen LogP contribution in [0.3, 0.4) is 0 Å². The minimum absolute atomic E-state index is 0.167.